The lowest BCUT2D eigenvalue weighted by atomic mass is 10.1. The number of benzene rings is 3. The topological polar surface area (TPSA) is 116 Å². The van der Waals surface area contributed by atoms with Crippen molar-refractivity contribution in [1.82, 2.24) is 4.98 Å². The summed E-state index contributed by atoms with van der Waals surface area (Å²) in [6.07, 6.45) is 0. The summed E-state index contributed by atoms with van der Waals surface area (Å²) < 4.78 is 61.4. The van der Waals surface area contributed by atoms with Gasteiger partial charge in [-0.1, -0.05) is 40.9 Å². The molecule has 4 rings (SSSR count). The highest BCUT2D eigenvalue weighted by Gasteiger charge is 2.22. The molecule has 0 fully saturated rings. The Hall–Kier alpha value is -2.30. The fourth-order valence-corrected chi connectivity index (χ4v) is 5.47. The summed E-state index contributed by atoms with van der Waals surface area (Å²) in [6.45, 7) is 1.84. The van der Waals surface area contributed by atoms with Gasteiger partial charge in [0, 0.05) is 20.8 Å². The van der Waals surface area contributed by atoms with E-state index >= 15 is 0 Å². The minimum atomic E-state index is -4.59. The molecule has 0 bridgehead atoms. The van der Waals surface area contributed by atoms with Crippen LogP contribution < -0.4 is 4.72 Å². The standard InChI is InChI=1S/C19H14Cl2N2O5S2/c1-10-2-4-13(5-3-10)29(24,25)23-16-8-11(20)6-14-15-7-12(21)9-17(30(26,27)28)19(15)22-18(14)16/h2-9,22-23H,1H3,(H,26,27,28). The van der Waals surface area contributed by atoms with E-state index in [-0.39, 0.29) is 31.7 Å². The molecule has 0 amide bonds. The lowest BCUT2D eigenvalue weighted by molar-refractivity contribution is 0.484. The van der Waals surface area contributed by atoms with Crippen LogP contribution in [0.1, 0.15) is 5.56 Å². The van der Waals surface area contributed by atoms with Gasteiger partial charge in [0.2, 0.25) is 0 Å². The molecule has 30 heavy (non-hydrogen) atoms. The Kier molecular flexibility index (Phi) is 4.99. The average Bonchev–Trinajstić information content (AvgIpc) is 2.99. The summed E-state index contributed by atoms with van der Waals surface area (Å²) >= 11 is 12.2. The van der Waals surface area contributed by atoms with E-state index < -0.39 is 25.0 Å². The molecule has 0 aliphatic heterocycles. The SMILES string of the molecule is Cc1ccc(S(=O)(=O)Nc2cc(Cl)cc3c2[nH]c2c(S(=O)(=O)O)cc(Cl)cc23)cc1. The van der Waals surface area contributed by atoms with Gasteiger partial charge in [0.15, 0.2) is 0 Å². The minimum absolute atomic E-state index is 0.0546. The summed E-state index contributed by atoms with van der Waals surface area (Å²) in [4.78, 5) is 2.50. The number of halogens is 2. The molecule has 0 saturated heterocycles. The first-order valence-corrected chi connectivity index (χ1v) is 12.1. The van der Waals surface area contributed by atoms with Gasteiger partial charge in [0.05, 0.1) is 21.6 Å². The second-order valence-corrected chi connectivity index (χ2v) is 10.7. The molecular weight excluding hydrogens is 471 g/mol. The van der Waals surface area contributed by atoms with Crippen LogP contribution in [0, 0.1) is 6.92 Å². The van der Waals surface area contributed by atoms with Crippen LogP contribution in [-0.4, -0.2) is 26.4 Å². The molecular formula is C19H14Cl2N2O5S2. The minimum Gasteiger partial charge on any atom is -0.352 e. The quantitative estimate of drug-likeness (QED) is 0.353. The molecule has 0 aliphatic rings. The monoisotopic (exact) mass is 484 g/mol. The van der Waals surface area contributed by atoms with E-state index in [2.05, 4.69) is 9.71 Å². The molecule has 3 aromatic carbocycles. The highest BCUT2D eigenvalue weighted by molar-refractivity contribution is 7.92. The zero-order chi connectivity index (χ0) is 21.8. The number of fused-ring (bicyclic) bond motifs is 3. The second kappa shape index (κ2) is 7.14. The Bertz CT molecular complexity index is 1530. The van der Waals surface area contributed by atoms with Crippen LogP contribution in [0.4, 0.5) is 5.69 Å². The van der Waals surface area contributed by atoms with Crippen molar-refractivity contribution >= 4 is 70.8 Å². The first-order valence-electron chi connectivity index (χ1n) is 8.47. The van der Waals surface area contributed by atoms with Gasteiger partial charge in [-0.2, -0.15) is 8.42 Å². The van der Waals surface area contributed by atoms with E-state index in [0.29, 0.717) is 10.8 Å². The van der Waals surface area contributed by atoms with Gasteiger partial charge >= 0.3 is 0 Å². The van der Waals surface area contributed by atoms with Gasteiger partial charge in [-0.15, -0.1) is 0 Å². The maximum absolute atomic E-state index is 12.8. The normalized spacial score (nSPS) is 12.5. The third-order valence-corrected chi connectivity index (χ3v) is 7.26. The van der Waals surface area contributed by atoms with Crippen LogP contribution in [0.2, 0.25) is 10.0 Å². The predicted molar refractivity (Wildman–Crippen MR) is 118 cm³/mol. The molecule has 0 unspecified atom stereocenters. The Labute approximate surface area is 182 Å². The zero-order valence-electron chi connectivity index (χ0n) is 15.3. The molecule has 7 nitrogen and oxygen atoms in total. The maximum Gasteiger partial charge on any atom is 0.296 e. The van der Waals surface area contributed by atoms with E-state index in [9.17, 15) is 21.4 Å². The number of hydrogen-bond acceptors (Lipinski definition) is 4. The number of aromatic nitrogens is 1. The number of H-pyrrole nitrogens is 1. The summed E-state index contributed by atoms with van der Waals surface area (Å²) in [5, 5.41) is 1.10. The number of aryl methyl sites for hydroxylation is 1. The third-order valence-electron chi connectivity index (χ3n) is 4.56. The third kappa shape index (κ3) is 3.75. The van der Waals surface area contributed by atoms with Crippen molar-refractivity contribution < 1.29 is 21.4 Å². The van der Waals surface area contributed by atoms with Gasteiger partial charge in [0.25, 0.3) is 20.1 Å². The summed E-state index contributed by atoms with van der Waals surface area (Å²) in [5.41, 5.74) is 1.39. The summed E-state index contributed by atoms with van der Waals surface area (Å²) in [6, 6.07) is 11.8. The van der Waals surface area contributed by atoms with Gasteiger partial charge in [-0.3, -0.25) is 9.27 Å². The van der Waals surface area contributed by atoms with Crippen LogP contribution in [0.5, 0.6) is 0 Å². The van der Waals surface area contributed by atoms with E-state index in [1.807, 2.05) is 6.92 Å². The number of aromatic amines is 1. The van der Waals surface area contributed by atoms with E-state index in [1.54, 1.807) is 18.2 Å². The Morgan fingerprint density at radius 1 is 0.867 bits per heavy atom. The molecule has 0 atom stereocenters. The van der Waals surface area contributed by atoms with Crippen molar-refractivity contribution in [2.75, 3.05) is 4.72 Å². The van der Waals surface area contributed by atoms with Crippen molar-refractivity contribution in [2.45, 2.75) is 16.7 Å². The van der Waals surface area contributed by atoms with E-state index in [0.717, 1.165) is 11.6 Å². The van der Waals surface area contributed by atoms with Crippen LogP contribution >= 0.6 is 23.2 Å². The summed E-state index contributed by atoms with van der Waals surface area (Å²) in [7, 11) is -8.54. The number of rotatable bonds is 4. The summed E-state index contributed by atoms with van der Waals surface area (Å²) in [5.74, 6) is 0. The van der Waals surface area contributed by atoms with E-state index in [4.69, 9.17) is 23.2 Å². The van der Waals surface area contributed by atoms with Gasteiger partial charge < -0.3 is 4.98 Å². The molecule has 0 aliphatic carbocycles. The van der Waals surface area contributed by atoms with Crippen LogP contribution in [0.15, 0.2) is 58.3 Å². The first kappa shape index (κ1) is 21.0. The number of anilines is 1. The zero-order valence-corrected chi connectivity index (χ0v) is 18.4. The fraction of sp³-hybridized carbons (Fsp3) is 0.0526. The molecule has 1 heterocycles. The predicted octanol–water partition coefficient (Wildman–Crippen LogP) is 4.98. The second-order valence-electron chi connectivity index (χ2n) is 6.72. The largest absolute Gasteiger partial charge is 0.352 e. The van der Waals surface area contributed by atoms with Crippen molar-refractivity contribution in [2.24, 2.45) is 0 Å². The highest BCUT2D eigenvalue weighted by Crippen LogP contribution is 2.38. The molecule has 156 valence electrons. The van der Waals surface area contributed by atoms with Crippen LogP contribution in [0.3, 0.4) is 0 Å². The van der Waals surface area contributed by atoms with Crippen molar-refractivity contribution in [3.05, 3.63) is 64.1 Å². The van der Waals surface area contributed by atoms with Crippen molar-refractivity contribution in [3.63, 3.8) is 0 Å². The average molecular weight is 485 g/mol. The number of hydrogen-bond donors (Lipinski definition) is 3. The Morgan fingerprint density at radius 2 is 1.43 bits per heavy atom. The molecule has 11 heteroatoms. The molecule has 0 saturated carbocycles. The first-order chi connectivity index (χ1) is 14.0. The van der Waals surface area contributed by atoms with Crippen molar-refractivity contribution in [1.29, 1.82) is 0 Å². The Morgan fingerprint density at radius 3 is 2.03 bits per heavy atom. The van der Waals surface area contributed by atoms with Gasteiger partial charge in [-0.05, 0) is 43.3 Å². The van der Waals surface area contributed by atoms with Gasteiger partial charge in [-0.25, -0.2) is 8.42 Å². The lowest BCUT2D eigenvalue weighted by Gasteiger charge is -2.10. The molecule has 0 spiro atoms. The molecule has 0 radical (unpaired) electrons. The number of sulfonamides is 1. The smallest absolute Gasteiger partial charge is 0.296 e. The van der Waals surface area contributed by atoms with Crippen LogP contribution in [-0.2, 0) is 20.1 Å². The van der Waals surface area contributed by atoms with Crippen LogP contribution in [0.25, 0.3) is 21.8 Å². The van der Waals surface area contributed by atoms with Crippen molar-refractivity contribution in [3.8, 4) is 0 Å². The molecule has 1 aromatic heterocycles. The highest BCUT2D eigenvalue weighted by atomic mass is 35.5. The number of nitrogens with one attached hydrogen (secondary N) is 2. The maximum atomic E-state index is 12.8. The van der Waals surface area contributed by atoms with E-state index in [1.165, 1.54) is 24.3 Å². The fourth-order valence-electron chi connectivity index (χ4n) is 3.21. The van der Waals surface area contributed by atoms with Gasteiger partial charge in [0.1, 0.15) is 4.90 Å². The molecule has 4 aromatic rings. The lowest BCUT2D eigenvalue weighted by Crippen LogP contribution is -2.13. The Balaban J connectivity index is 1.97. The molecule has 3 N–H and O–H groups in total.